The highest BCUT2D eigenvalue weighted by atomic mass is 32.2. The largest absolute Gasteiger partial charge is 0.333 e. The van der Waals surface area contributed by atoms with Crippen LogP contribution in [0.3, 0.4) is 0 Å². The van der Waals surface area contributed by atoms with Gasteiger partial charge in [-0.1, -0.05) is 6.07 Å². The Balaban J connectivity index is 2.26. The highest BCUT2D eigenvalue weighted by Gasteiger charge is 2.26. The molecule has 1 saturated heterocycles. The molecule has 0 N–H and O–H groups in total. The topological polar surface area (TPSA) is 57.7 Å². The number of sulfone groups is 1. The van der Waals surface area contributed by atoms with Gasteiger partial charge in [-0.3, -0.25) is 4.79 Å². The van der Waals surface area contributed by atoms with Gasteiger partial charge in [0.1, 0.15) is 0 Å². The summed E-state index contributed by atoms with van der Waals surface area (Å²) in [6.07, 6.45) is 1.15. The molecule has 110 valence electrons. The minimum Gasteiger partial charge on any atom is -0.333 e. The number of nitrogens with zero attached hydrogens (tertiary/aromatic N) is 2. The Kier molecular flexibility index (Phi) is 4.15. The standard InChI is InChI=1S/C14H20N2O3S/c1-11-10-15(2)7-8-16(11)14(17)12-5-4-6-13(9-12)20(3,18)19/h4-6,9,11H,7-8,10H2,1-3H3/t11-/m1/s1. The first kappa shape index (κ1) is 15.0. The Hall–Kier alpha value is -1.40. The van der Waals surface area contributed by atoms with E-state index in [0.717, 1.165) is 19.3 Å². The third-order valence-corrected chi connectivity index (χ3v) is 4.71. The van der Waals surface area contributed by atoms with Crippen LogP contribution >= 0.6 is 0 Å². The summed E-state index contributed by atoms with van der Waals surface area (Å²) in [6.45, 7) is 4.34. The number of carbonyl (C=O) groups excluding carboxylic acids is 1. The number of carbonyl (C=O) groups is 1. The maximum absolute atomic E-state index is 12.5. The van der Waals surface area contributed by atoms with Crippen molar-refractivity contribution in [3.8, 4) is 0 Å². The van der Waals surface area contributed by atoms with Crippen LogP contribution in [0, 0.1) is 0 Å². The van der Waals surface area contributed by atoms with Gasteiger partial charge in [0, 0.05) is 37.5 Å². The summed E-state index contributed by atoms with van der Waals surface area (Å²) in [7, 11) is -1.26. The molecule has 2 rings (SSSR count). The van der Waals surface area contributed by atoms with E-state index < -0.39 is 9.84 Å². The molecular formula is C14H20N2O3S. The molecule has 0 bridgehead atoms. The van der Waals surface area contributed by atoms with Crippen LogP contribution in [0.25, 0.3) is 0 Å². The molecule has 0 saturated carbocycles. The van der Waals surface area contributed by atoms with E-state index in [0.29, 0.717) is 12.1 Å². The maximum atomic E-state index is 12.5. The molecule has 1 atom stereocenters. The summed E-state index contributed by atoms with van der Waals surface area (Å²) in [5, 5.41) is 0. The van der Waals surface area contributed by atoms with Crippen molar-refractivity contribution in [3.05, 3.63) is 29.8 Å². The summed E-state index contributed by atoms with van der Waals surface area (Å²) >= 11 is 0. The molecule has 5 nitrogen and oxygen atoms in total. The second kappa shape index (κ2) is 5.54. The van der Waals surface area contributed by atoms with Crippen LogP contribution in [-0.4, -0.2) is 63.1 Å². The molecule has 1 aromatic rings. The summed E-state index contributed by atoms with van der Waals surface area (Å²) in [4.78, 5) is 16.7. The second-order valence-electron chi connectivity index (χ2n) is 5.41. The van der Waals surface area contributed by atoms with Crippen LogP contribution in [0.1, 0.15) is 17.3 Å². The Labute approximate surface area is 120 Å². The summed E-state index contributed by atoms with van der Waals surface area (Å²) in [5.41, 5.74) is 0.435. The van der Waals surface area contributed by atoms with Crippen LogP contribution in [0.5, 0.6) is 0 Å². The molecule has 1 aliphatic heterocycles. The summed E-state index contributed by atoms with van der Waals surface area (Å²) < 4.78 is 23.1. The molecule has 0 spiro atoms. The first-order valence-electron chi connectivity index (χ1n) is 6.58. The minimum absolute atomic E-state index is 0.101. The van der Waals surface area contributed by atoms with Crippen molar-refractivity contribution in [2.45, 2.75) is 17.9 Å². The lowest BCUT2D eigenvalue weighted by molar-refractivity contribution is 0.0533. The molecule has 0 aromatic heterocycles. The van der Waals surface area contributed by atoms with Gasteiger partial charge in [-0.2, -0.15) is 0 Å². The lowest BCUT2D eigenvalue weighted by Crippen LogP contribution is -2.52. The highest BCUT2D eigenvalue weighted by Crippen LogP contribution is 2.16. The van der Waals surface area contributed by atoms with E-state index >= 15 is 0 Å². The summed E-state index contributed by atoms with van der Waals surface area (Å²) in [6, 6.07) is 6.39. The third kappa shape index (κ3) is 3.19. The molecule has 1 aromatic carbocycles. The Morgan fingerprint density at radius 1 is 1.30 bits per heavy atom. The number of likely N-dealkylation sites (N-methyl/N-ethyl adjacent to an activating group) is 1. The van der Waals surface area contributed by atoms with E-state index in [1.807, 2.05) is 14.0 Å². The lowest BCUT2D eigenvalue weighted by atomic mass is 10.1. The van der Waals surface area contributed by atoms with E-state index in [9.17, 15) is 13.2 Å². The fraction of sp³-hybridized carbons (Fsp3) is 0.500. The van der Waals surface area contributed by atoms with E-state index in [1.165, 1.54) is 12.1 Å². The number of hydrogen-bond donors (Lipinski definition) is 0. The first-order valence-corrected chi connectivity index (χ1v) is 8.48. The molecule has 1 heterocycles. The van der Waals surface area contributed by atoms with Gasteiger partial charge in [-0.25, -0.2) is 8.42 Å². The van der Waals surface area contributed by atoms with E-state index in [1.54, 1.807) is 17.0 Å². The smallest absolute Gasteiger partial charge is 0.254 e. The van der Waals surface area contributed by atoms with Crippen molar-refractivity contribution < 1.29 is 13.2 Å². The second-order valence-corrected chi connectivity index (χ2v) is 7.43. The Morgan fingerprint density at radius 3 is 2.60 bits per heavy atom. The number of piperazine rings is 1. The molecule has 1 fully saturated rings. The van der Waals surface area contributed by atoms with E-state index in [2.05, 4.69) is 4.90 Å². The van der Waals surface area contributed by atoms with Gasteiger partial charge in [0.25, 0.3) is 5.91 Å². The van der Waals surface area contributed by atoms with Crippen molar-refractivity contribution in [3.63, 3.8) is 0 Å². The van der Waals surface area contributed by atoms with Crippen molar-refractivity contribution in [2.75, 3.05) is 32.9 Å². The molecule has 1 aliphatic rings. The normalized spacial score (nSPS) is 20.9. The molecule has 6 heteroatoms. The number of benzene rings is 1. The van der Waals surface area contributed by atoms with Gasteiger partial charge in [-0.05, 0) is 32.2 Å². The number of amides is 1. The van der Waals surface area contributed by atoms with Crippen molar-refractivity contribution in [1.82, 2.24) is 9.80 Å². The Morgan fingerprint density at radius 2 is 2.00 bits per heavy atom. The number of hydrogen-bond acceptors (Lipinski definition) is 4. The van der Waals surface area contributed by atoms with Gasteiger partial charge in [0.05, 0.1) is 4.90 Å². The first-order chi connectivity index (χ1) is 9.29. The van der Waals surface area contributed by atoms with Gasteiger partial charge < -0.3 is 9.80 Å². The third-order valence-electron chi connectivity index (χ3n) is 3.60. The fourth-order valence-electron chi connectivity index (χ4n) is 2.47. The zero-order chi connectivity index (χ0) is 14.9. The minimum atomic E-state index is -3.29. The molecule has 0 radical (unpaired) electrons. The van der Waals surface area contributed by atoms with Gasteiger partial charge in [0.2, 0.25) is 0 Å². The SMILES string of the molecule is C[C@@H]1CN(C)CCN1C(=O)c1cccc(S(C)(=O)=O)c1. The molecule has 20 heavy (non-hydrogen) atoms. The molecule has 0 unspecified atom stereocenters. The molecule has 0 aliphatic carbocycles. The zero-order valence-corrected chi connectivity index (χ0v) is 12.9. The van der Waals surface area contributed by atoms with E-state index in [-0.39, 0.29) is 16.8 Å². The van der Waals surface area contributed by atoms with Gasteiger partial charge >= 0.3 is 0 Å². The highest BCUT2D eigenvalue weighted by molar-refractivity contribution is 7.90. The van der Waals surface area contributed by atoms with Crippen LogP contribution in [-0.2, 0) is 9.84 Å². The lowest BCUT2D eigenvalue weighted by Gasteiger charge is -2.38. The zero-order valence-electron chi connectivity index (χ0n) is 12.0. The molecular weight excluding hydrogens is 276 g/mol. The van der Waals surface area contributed by atoms with Crippen LogP contribution in [0.2, 0.25) is 0 Å². The Bertz CT molecular complexity index is 613. The summed E-state index contributed by atoms with van der Waals surface area (Å²) in [5.74, 6) is -0.101. The van der Waals surface area contributed by atoms with Crippen molar-refractivity contribution in [2.24, 2.45) is 0 Å². The van der Waals surface area contributed by atoms with Crippen LogP contribution < -0.4 is 0 Å². The number of rotatable bonds is 2. The predicted octanol–water partition coefficient (Wildman–Crippen LogP) is 0.866. The van der Waals surface area contributed by atoms with Gasteiger partial charge in [-0.15, -0.1) is 0 Å². The average molecular weight is 296 g/mol. The quantitative estimate of drug-likeness (QED) is 0.812. The van der Waals surface area contributed by atoms with Gasteiger partial charge in [0.15, 0.2) is 9.84 Å². The van der Waals surface area contributed by atoms with Crippen LogP contribution in [0.4, 0.5) is 0 Å². The van der Waals surface area contributed by atoms with Crippen LogP contribution in [0.15, 0.2) is 29.2 Å². The van der Waals surface area contributed by atoms with Crippen molar-refractivity contribution >= 4 is 15.7 Å². The van der Waals surface area contributed by atoms with E-state index in [4.69, 9.17) is 0 Å². The monoisotopic (exact) mass is 296 g/mol. The average Bonchev–Trinajstić information content (AvgIpc) is 2.37. The molecule has 1 amide bonds. The fourth-order valence-corrected chi connectivity index (χ4v) is 3.13. The maximum Gasteiger partial charge on any atom is 0.254 e. The van der Waals surface area contributed by atoms with Crippen molar-refractivity contribution in [1.29, 1.82) is 0 Å². The predicted molar refractivity (Wildman–Crippen MR) is 77.5 cm³/mol.